The van der Waals surface area contributed by atoms with Crippen molar-refractivity contribution in [2.24, 2.45) is 0 Å². The Kier molecular flexibility index (Phi) is 11.3. The van der Waals surface area contributed by atoms with Crippen molar-refractivity contribution >= 4 is 22.5 Å². The van der Waals surface area contributed by atoms with E-state index in [-0.39, 0.29) is 11.4 Å². The molecule has 0 radical (unpaired) electrons. The molecule has 6 heteroatoms. The largest absolute Gasteiger partial charge is 0.376 e. The van der Waals surface area contributed by atoms with Gasteiger partial charge in [0.1, 0.15) is 18.3 Å². The molecule has 270 valence electrons. The van der Waals surface area contributed by atoms with Crippen LogP contribution < -0.4 is 0 Å². The number of ether oxygens (including phenoxy) is 5. The molecule has 0 saturated carbocycles. The van der Waals surface area contributed by atoms with E-state index in [0.717, 1.165) is 28.7 Å². The summed E-state index contributed by atoms with van der Waals surface area (Å²) in [4.78, 5) is -0.868. The molecule has 53 heavy (non-hydrogen) atoms. The number of rotatable bonds is 14. The van der Waals surface area contributed by atoms with Gasteiger partial charge in [-0.3, -0.25) is 0 Å². The highest BCUT2D eigenvalue weighted by atomic mass is 32.2. The fourth-order valence-electron chi connectivity index (χ4n) is 7.70. The summed E-state index contributed by atoms with van der Waals surface area (Å²) < 4.78 is 35.1. The predicted molar refractivity (Wildman–Crippen MR) is 212 cm³/mol. The summed E-state index contributed by atoms with van der Waals surface area (Å²) >= 11 is 1.78. The molecule has 0 N–H and O–H groups in total. The minimum absolute atomic E-state index is 0.137. The molecular formula is C47H46O5S. The molecular weight excluding hydrogens is 677 g/mol. The van der Waals surface area contributed by atoms with Gasteiger partial charge in [0.25, 0.3) is 0 Å². The SMILES string of the molecule is CCc1cc2c(c3ccccc13)CO[C@]21S[C@H](COCc2ccccc2)[C@@H](OCc2ccccc2)[C@H](OCc2ccccc2)[C@H]1OCc1ccccc1. The summed E-state index contributed by atoms with van der Waals surface area (Å²) in [7, 11) is 0. The molecule has 5 nitrogen and oxygen atoms in total. The van der Waals surface area contributed by atoms with Crippen molar-refractivity contribution in [1.29, 1.82) is 0 Å². The molecule has 2 aliphatic rings. The Morgan fingerprint density at radius 2 is 1.08 bits per heavy atom. The summed E-state index contributed by atoms with van der Waals surface area (Å²) in [5.74, 6) is 0. The van der Waals surface area contributed by atoms with Crippen LogP contribution >= 0.6 is 11.8 Å². The summed E-state index contributed by atoms with van der Waals surface area (Å²) in [6.45, 7) is 4.92. The second kappa shape index (κ2) is 16.8. The molecule has 0 aliphatic carbocycles. The molecule has 0 aromatic heterocycles. The Morgan fingerprint density at radius 3 is 1.64 bits per heavy atom. The van der Waals surface area contributed by atoms with Gasteiger partial charge in [-0.2, -0.15) is 0 Å². The first-order valence-corrected chi connectivity index (χ1v) is 19.5. The number of hydrogen-bond acceptors (Lipinski definition) is 6. The maximum atomic E-state index is 7.20. The monoisotopic (exact) mass is 722 g/mol. The van der Waals surface area contributed by atoms with Crippen molar-refractivity contribution < 1.29 is 23.7 Å². The number of hydrogen-bond donors (Lipinski definition) is 0. The summed E-state index contributed by atoms with van der Waals surface area (Å²) in [5, 5.41) is 2.38. The van der Waals surface area contributed by atoms with E-state index >= 15 is 0 Å². The van der Waals surface area contributed by atoms with Gasteiger partial charge in [-0.05, 0) is 50.6 Å². The molecule has 8 rings (SSSR count). The Bertz CT molecular complexity index is 2060. The van der Waals surface area contributed by atoms with Gasteiger partial charge in [0.05, 0.1) is 44.9 Å². The van der Waals surface area contributed by atoms with Crippen molar-refractivity contribution in [3.05, 3.63) is 191 Å². The fraction of sp³-hybridized carbons (Fsp3) is 0.277. The van der Waals surface area contributed by atoms with Crippen molar-refractivity contribution in [2.75, 3.05) is 6.61 Å². The van der Waals surface area contributed by atoms with E-state index in [0.29, 0.717) is 39.6 Å². The highest BCUT2D eigenvalue weighted by Crippen LogP contribution is 2.58. The van der Waals surface area contributed by atoms with Crippen LogP contribution in [0.1, 0.15) is 45.9 Å². The van der Waals surface area contributed by atoms with Crippen molar-refractivity contribution in [1.82, 2.24) is 0 Å². The molecule has 6 aromatic rings. The molecule has 0 bridgehead atoms. The van der Waals surface area contributed by atoms with Crippen LogP contribution in [0.3, 0.4) is 0 Å². The predicted octanol–water partition coefficient (Wildman–Crippen LogP) is 10.2. The molecule has 1 saturated heterocycles. The molecule has 6 aromatic carbocycles. The van der Waals surface area contributed by atoms with E-state index in [2.05, 4.69) is 134 Å². The maximum absolute atomic E-state index is 7.20. The normalized spacial score (nSPS) is 22.3. The number of fused-ring (bicyclic) bond motifs is 4. The van der Waals surface area contributed by atoms with Crippen LogP contribution in [-0.2, 0) is 68.1 Å². The highest BCUT2D eigenvalue weighted by molar-refractivity contribution is 8.00. The van der Waals surface area contributed by atoms with E-state index < -0.39 is 17.1 Å². The third-order valence-electron chi connectivity index (χ3n) is 10.4. The lowest BCUT2D eigenvalue weighted by molar-refractivity contribution is -0.207. The van der Waals surface area contributed by atoms with Crippen LogP contribution in [0.15, 0.2) is 152 Å². The van der Waals surface area contributed by atoms with Gasteiger partial charge in [0.15, 0.2) is 4.93 Å². The van der Waals surface area contributed by atoms with Gasteiger partial charge < -0.3 is 23.7 Å². The van der Waals surface area contributed by atoms with E-state index in [1.807, 2.05) is 24.3 Å². The van der Waals surface area contributed by atoms with Gasteiger partial charge >= 0.3 is 0 Å². The van der Waals surface area contributed by atoms with Gasteiger partial charge in [-0.15, -0.1) is 11.8 Å². The quantitative estimate of drug-likeness (QED) is 0.112. The lowest BCUT2D eigenvalue weighted by Crippen LogP contribution is -2.61. The Labute approximate surface area is 317 Å². The minimum Gasteiger partial charge on any atom is -0.376 e. The summed E-state index contributed by atoms with van der Waals surface area (Å²) in [6, 6.07) is 52.5. The zero-order valence-corrected chi connectivity index (χ0v) is 31.0. The molecule has 0 unspecified atom stereocenters. The molecule has 1 spiro atoms. The van der Waals surface area contributed by atoms with Crippen LogP contribution in [-0.4, -0.2) is 30.2 Å². The number of thioether (sulfide) groups is 1. The Balaban J connectivity index is 1.24. The van der Waals surface area contributed by atoms with Crippen LogP contribution in [0.25, 0.3) is 10.8 Å². The standard InChI is InChI=1S/C47H46O5S/c1-2-38-27-42-41(40-26-16-15-25-39(38)40)32-52-47(42)46(51-31-37-23-13-6-14-24-37)45(50-30-36-21-11-5-12-22-36)44(49-29-35-19-9-4-10-20-35)43(53-47)33-48-28-34-17-7-3-8-18-34/h3-27,43-46H,2,28-33H2,1H3/t43-,44-,45+,46-,47+/m1/s1. The fourth-order valence-corrected chi connectivity index (χ4v) is 9.45. The molecule has 2 heterocycles. The van der Waals surface area contributed by atoms with Crippen molar-refractivity contribution in [3.8, 4) is 0 Å². The first-order chi connectivity index (χ1) is 26.2. The molecule has 5 atom stereocenters. The second-order valence-electron chi connectivity index (χ2n) is 13.8. The first-order valence-electron chi connectivity index (χ1n) is 18.7. The zero-order valence-electron chi connectivity index (χ0n) is 30.1. The Morgan fingerprint density at radius 1 is 0.585 bits per heavy atom. The van der Waals surface area contributed by atoms with Crippen LogP contribution in [0.4, 0.5) is 0 Å². The van der Waals surface area contributed by atoms with Crippen LogP contribution in [0, 0.1) is 0 Å². The average molecular weight is 723 g/mol. The van der Waals surface area contributed by atoms with Gasteiger partial charge in [-0.1, -0.05) is 159 Å². The summed E-state index contributed by atoms with van der Waals surface area (Å²) in [5.41, 5.74) is 8.10. The van der Waals surface area contributed by atoms with Gasteiger partial charge in [-0.25, -0.2) is 0 Å². The Hall–Kier alpha value is -4.27. The molecule has 2 aliphatic heterocycles. The molecule has 1 fully saturated rings. The van der Waals surface area contributed by atoms with E-state index in [4.69, 9.17) is 23.7 Å². The topological polar surface area (TPSA) is 46.2 Å². The van der Waals surface area contributed by atoms with Crippen LogP contribution in [0.2, 0.25) is 0 Å². The lowest BCUT2D eigenvalue weighted by atomic mass is 9.88. The van der Waals surface area contributed by atoms with E-state index in [9.17, 15) is 0 Å². The maximum Gasteiger partial charge on any atom is 0.169 e. The summed E-state index contributed by atoms with van der Waals surface area (Å²) in [6.07, 6.45) is -0.457. The van der Waals surface area contributed by atoms with Crippen molar-refractivity contribution in [2.45, 2.75) is 74.9 Å². The van der Waals surface area contributed by atoms with Gasteiger partial charge in [0.2, 0.25) is 0 Å². The highest BCUT2D eigenvalue weighted by Gasteiger charge is 2.60. The lowest BCUT2D eigenvalue weighted by Gasteiger charge is -2.51. The second-order valence-corrected chi connectivity index (χ2v) is 15.3. The zero-order chi connectivity index (χ0) is 35.9. The molecule has 0 amide bonds. The minimum atomic E-state index is -0.868. The smallest absolute Gasteiger partial charge is 0.169 e. The van der Waals surface area contributed by atoms with Crippen LogP contribution in [0.5, 0.6) is 0 Å². The number of aryl methyl sites for hydroxylation is 1. The average Bonchev–Trinajstić information content (AvgIpc) is 3.58. The van der Waals surface area contributed by atoms with Crippen molar-refractivity contribution in [3.63, 3.8) is 0 Å². The number of benzene rings is 6. The van der Waals surface area contributed by atoms with E-state index in [1.165, 1.54) is 27.5 Å². The first kappa shape index (κ1) is 35.7. The van der Waals surface area contributed by atoms with E-state index in [1.54, 1.807) is 11.8 Å². The third-order valence-corrected chi connectivity index (χ3v) is 12.0. The third kappa shape index (κ3) is 7.85. The van der Waals surface area contributed by atoms with Gasteiger partial charge in [0, 0.05) is 5.56 Å².